The average Bonchev–Trinajstić information content (AvgIpc) is 1.90. The largest absolute Gasteiger partial charge is 0.378 e. The minimum Gasteiger partial charge on any atom is -0.378 e. The number of hydrogen-bond acceptors (Lipinski definition) is 2. The second-order valence-electron chi connectivity index (χ2n) is 1.94. The van der Waals surface area contributed by atoms with E-state index in [1.807, 2.05) is 18.7 Å². The van der Waals surface area contributed by atoms with Crippen LogP contribution in [0.25, 0.3) is 0 Å². The van der Waals surface area contributed by atoms with E-state index in [2.05, 4.69) is 0 Å². The van der Waals surface area contributed by atoms with Gasteiger partial charge in [0, 0.05) is 26.2 Å². The van der Waals surface area contributed by atoms with E-state index in [0.29, 0.717) is 0 Å². The summed E-state index contributed by atoms with van der Waals surface area (Å²) in [6.45, 7) is 10.7. The number of carbonyl (C=O) groups excluding carboxylic acids is 1. The number of rotatable bonds is 4. The Labute approximate surface area is 62.5 Å². The summed E-state index contributed by atoms with van der Waals surface area (Å²) in [5.41, 5.74) is 0. The van der Waals surface area contributed by atoms with Crippen molar-refractivity contribution in [2.45, 2.75) is 13.8 Å². The molecule has 56 valence electrons. The number of ketones is 1. The zero-order valence-corrected chi connectivity index (χ0v) is 6.50. The average molecular weight is 139 g/mol. The predicted molar refractivity (Wildman–Crippen MR) is 41.4 cm³/mol. The third kappa shape index (κ3) is 4.13. The Morgan fingerprint density at radius 3 is 2.30 bits per heavy atom. The molecular weight excluding hydrogens is 126 g/mol. The molecule has 0 heterocycles. The first-order chi connectivity index (χ1) is 4.70. The van der Waals surface area contributed by atoms with Crippen LogP contribution in [0.3, 0.4) is 0 Å². The van der Waals surface area contributed by atoms with Crippen molar-refractivity contribution in [2.75, 3.05) is 13.1 Å². The minimum absolute atomic E-state index is 0.396. The van der Waals surface area contributed by atoms with Crippen LogP contribution in [0.4, 0.5) is 0 Å². The van der Waals surface area contributed by atoms with Crippen LogP contribution in [0.1, 0.15) is 13.8 Å². The lowest BCUT2D eigenvalue weighted by Gasteiger charge is -2.13. The Morgan fingerprint density at radius 1 is 1.50 bits per heavy atom. The van der Waals surface area contributed by atoms with Crippen molar-refractivity contribution in [1.29, 1.82) is 0 Å². The van der Waals surface area contributed by atoms with E-state index in [1.165, 1.54) is 6.08 Å². The highest BCUT2D eigenvalue weighted by Crippen LogP contribution is 1.87. The van der Waals surface area contributed by atoms with Crippen molar-refractivity contribution >= 4 is 5.78 Å². The molecule has 0 aliphatic carbocycles. The maximum Gasteiger partial charge on any atom is 0.161 e. The van der Waals surface area contributed by atoms with E-state index >= 15 is 0 Å². The Hall–Kier alpha value is -0.790. The molecule has 0 aliphatic rings. The molecule has 0 saturated carbocycles. The second kappa shape index (κ2) is 5.03. The van der Waals surface area contributed by atoms with Gasteiger partial charge < -0.3 is 4.90 Å². The van der Waals surface area contributed by atoms with Crippen molar-refractivity contribution in [3.63, 3.8) is 0 Å². The van der Waals surface area contributed by atoms with E-state index in [0.717, 1.165) is 13.1 Å². The monoisotopic (exact) mass is 139 g/mol. The molecule has 0 spiro atoms. The lowest BCUT2D eigenvalue weighted by atomic mass is 10.4. The lowest BCUT2D eigenvalue weighted by molar-refractivity contribution is -0.110. The molecule has 0 amide bonds. The first-order valence-corrected chi connectivity index (χ1v) is 3.42. The van der Waals surface area contributed by atoms with Crippen LogP contribution >= 0.6 is 0 Å². The van der Waals surface area contributed by atoms with Gasteiger partial charge in [-0.15, -0.1) is 0 Å². The van der Waals surface area contributed by atoms with E-state index in [4.69, 9.17) is 6.92 Å². The van der Waals surface area contributed by atoms with Gasteiger partial charge in [-0.25, -0.2) is 0 Å². The zero-order valence-electron chi connectivity index (χ0n) is 6.50. The van der Waals surface area contributed by atoms with Crippen LogP contribution < -0.4 is 0 Å². The van der Waals surface area contributed by atoms with E-state index in [9.17, 15) is 4.79 Å². The van der Waals surface area contributed by atoms with Crippen LogP contribution in [0, 0.1) is 6.92 Å². The quantitative estimate of drug-likeness (QED) is 0.544. The highest BCUT2D eigenvalue weighted by molar-refractivity contribution is 5.93. The van der Waals surface area contributed by atoms with Crippen molar-refractivity contribution in [3.05, 3.63) is 19.2 Å². The van der Waals surface area contributed by atoms with Crippen LogP contribution in [-0.2, 0) is 4.79 Å². The van der Waals surface area contributed by atoms with Crippen LogP contribution in [0.15, 0.2) is 12.3 Å². The van der Waals surface area contributed by atoms with Gasteiger partial charge in [0.2, 0.25) is 0 Å². The number of carbonyl (C=O) groups is 1. The fraction of sp³-hybridized carbons (Fsp3) is 0.500. The summed E-state index contributed by atoms with van der Waals surface area (Å²) in [6.07, 6.45) is 3.08. The molecule has 0 unspecified atom stereocenters. The lowest BCUT2D eigenvalue weighted by Crippen LogP contribution is -2.15. The van der Waals surface area contributed by atoms with Gasteiger partial charge in [-0.1, -0.05) is 0 Å². The summed E-state index contributed by atoms with van der Waals surface area (Å²) < 4.78 is 0. The van der Waals surface area contributed by atoms with Crippen molar-refractivity contribution in [3.8, 4) is 0 Å². The van der Waals surface area contributed by atoms with E-state index in [-0.39, 0.29) is 0 Å². The normalized spacial score (nSPS) is 10.3. The van der Waals surface area contributed by atoms with Crippen LogP contribution in [0.5, 0.6) is 0 Å². The highest BCUT2D eigenvalue weighted by Gasteiger charge is 1.89. The van der Waals surface area contributed by atoms with Gasteiger partial charge in [0.15, 0.2) is 5.78 Å². The van der Waals surface area contributed by atoms with E-state index < -0.39 is 5.78 Å². The molecule has 0 atom stereocenters. The van der Waals surface area contributed by atoms with Crippen LogP contribution in [0.2, 0.25) is 0 Å². The standard InChI is InChI=1S/C8H13NO/c1-4-9(5-2)7-6-8(3)10/h3,6-7H,4-5H2,1-2H3/b7-6+. The molecule has 0 saturated heterocycles. The van der Waals surface area contributed by atoms with Crippen molar-refractivity contribution < 1.29 is 4.79 Å². The first kappa shape index (κ1) is 9.21. The SMILES string of the molecule is [CH]C(=O)/C=C/N(CC)CC. The first-order valence-electron chi connectivity index (χ1n) is 3.42. The van der Waals surface area contributed by atoms with E-state index in [1.54, 1.807) is 6.20 Å². The summed E-state index contributed by atoms with van der Waals surface area (Å²) in [5, 5.41) is 0. The van der Waals surface area contributed by atoms with Gasteiger partial charge in [0.25, 0.3) is 0 Å². The third-order valence-electron chi connectivity index (χ3n) is 1.26. The van der Waals surface area contributed by atoms with Gasteiger partial charge in [0.1, 0.15) is 0 Å². The Kier molecular flexibility index (Phi) is 4.63. The molecule has 0 aromatic rings. The molecule has 0 fully saturated rings. The maximum absolute atomic E-state index is 10.2. The molecule has 0 rings (SSSR count). The molecule has 0 aromatic heterocycles. The third-order valence-corrected chi connectivity index (χ3v) is 1.26. The summed E-state index contributed by atoms with van der Waals surface area (Å²) >= 11 is 0. The Balaban J connectivity index is 3.72. The summed E-state index contributed by atoms with van der Waals surface area (Å²) in [5.74, 6) is -0.396. The number of nitrogens with zero attached hydrogens (tertiary/aromatic N) is 1. The topological polar surface area (TPSA) is 20.3 Å². The number of hydrogen-bond donors (Lipinski definition) is 0. The fourth-order valence-electron chi connectivity index (χ4n) is 0.613. The maximum atomic E-state index is 10.2. The Bertz CT molecular complexity index is 125. The van der Waals surface area contributed by atoms with Gasteiger partial charge >= 0.3 is 0 Å². The van der Waals surface area contributed by atoms with Crippen LogP contribution in [-0.4, -0.2) is 23.8 Å². The van der Waals surface area contributed by atoms with Crippen molar-refractivity contribution in [1.82, 2.24) is 4.90 Å². The van der Waals surface area contributed by atoms with Gasteiger partial charge in [-0.3, -0.25) is 4.79 Å². The zero-order chi connectivity index (χ0) is 7.98. The molecule has 0 bridgehead atoms. The molecule has 2 radical (unpaired) electrons. The molecule has 0 N–H and O–H groups in total. The predicted octanol–water partition coefficient (Wildman–Crippen LogP) is 1.12. The second-order valence-corrected chi connectivity index (χ2v) is 1.94. The molecule has 0 aliphatic heterocycles. The minimum atomic E-state index is -0.396. The van der Waals surface area contributed by atoms with Crippen molar-refractivity contribution in [2.24, 2.45) is 0 Å². The van der Waals surface area contributed by atoms with Gasteiger partial charge in [-0.05, 0) is 19.9 Å². The molecule has 2 nitrogen and oxygen atoms in total. The summed E-state index contributed by atoms with van der Waals surface area (Å²) in [7, 11) is 0. The van der Waals surface area contributed by atoms with Gasteiger partial charge in [0.05, 0.1) is 0 Å². The fourth-order valence-corrected chi connectivity index (χ4v) is 0.613. The molecule has 2 heteroatoms. The van der Waals surface area contributed by atoms with Gasteiger partial charge in [-0.2, -0.15) is 0 Å². The number of allylic oxidation sites excluding steroid dienone is 1. The summed E-state index contributed by atoms with van der Waals surface area (Å²) in [4.78, 5) is 12.2. The highest BCUT2D eigenvalue weighted by atomic mass is 16.1. The summed E-state index contributed by atoms with van der Waals surface area (Å²) in [6, 6.07) is 0. The molecule has 10 heavy (non-hydrogen) atoms. The smallest absolute Gasteiger partial charge is 0.161 e. The Morgan fingerprint density at radius 2 is 2.00 bits per heavy atom. The molecular formula is C8H13NO. The molecule has 0 aromatic carbocycles.